The molecule has 0 aliphatic heterocycles. The Balaban J connectivity index is 0.000000187. The first kappa shape index (κ1) is 7.95. The standard InChI is InChI=1S/C6H8.CH2O2/c1-2-4-6-5-3-1;2-1-3/h1-2,5-6H,3-4H2;1H,(H,2,3). The summed E-state index contributed by atoms with van der Waals surface area (Å²) in [5, 5.41) is 6.89. The molecular weight excluding hydrogens is 116 g/mol. The van der Waals surface area contributed by atoms with E-state index in [4.69, 9.17) is 9.90 Å². The van der Waals surface area contributed by atoms with Crippen LogP contribution < -0.4 is 0 Å². The summed E-state index contributed by atoms with van der Waals surface area (Å²) in [4.78, 5) is 8.36. The summed E-state index contributed by atoms with van der Waals surface area (Å²) in [6, 6.07) is 0. The van der Waals surface area contributed by atoms with Crippen molar-refractivity contribution in [2.24, 2.45) is 0 Å². The highest BCUT2D eigenvalue weighted by Gasteiger charge is 1.76. The molecule has 0 fully saturated rings. The van der Waals surface area contributed by atoms with Crippen LogP contribution in [0.15, 0.2) is 24.3 Å². The monoisotopic (exact) mass is 126 g/mol. The van der Waals surface area contributed by atoms with Crippen LogP contribution in [0, 0.1) is 0 Å². The summed E-state index contributed by atoms with van der Waals surface area (Å²) >= 11 is 0. The highest BCUT2D eigenvalue weighted by molar-refractivity contribution is 5.32. The topological polar surface area (TPSA) is 37.3 Å². The van der Waals surface area contributed by atoms with Gasteiger partial charge in [0.05, 0.1) is 0 Å². The third-order valence-electron chi connectivity index (χ3n) is 0.878. The largest absolute Gasteiger partial charge is 0.483 e. The SMILES string of the molecule is C1=CCC=CC1.O=CO. The van der Waals surface area contributed by atoms with Gasteiger partial charge in [-0.25, -0.2) is 0 Å². The quantitative estimate of drug-likeness (QED) is 0.395. The van der Waals surface area contributed by atoms with Crippen LogP contribution in [0.1, 0.15) is 12.8 Å². The molecule has 0 bridgehead atoms. The van der Waals surface area contributed by atoms with E-state index in [0.29, 0.717) is 0 Å². The Hall–Kier alpha value is -1.05. The maximum atomic E-state index is 8.36. The van der Waals surface area contributed by atoms with Gasteiger partial charge in [-0.3, -0.25) is 4.79 Å². The second-order valence-corrected chi connectivity index (χ2v) is 1.52. The first-order valence-electron chi connectivity index (χ1n) is 2.79. The Morgan fingerprint density at radius 1 is 1.11 bits per heavy atom. The van der Waals surface area contributed by atoms with Crippen molar-refractivity contribution < 1.29 is 9.90 Å². The fraction of sp³-hybridized carbons (Fsp3) is 0.286. The van der Waals surface area contributed by atoms with E-state index in [1.807, 2.05) is 0 Å². The van der Waals surface area contributed by atoms with Crippen molar-refractivity contribution in [3.05, 3.63) is 24.3 Å². The number of rotatable bonds is 0. The minimum Gasteiger partial charge on any atom is -0.483 e. The van der Waals surface area contributed by atoms with Gasteiger partial charge in [-0.05, 0) is 12.8 Å². The molecule has 1 aliphatic rings. The summed E-state index contributed by atoms with van der Waals surface area (Å²) < 4.78 is 0. The van der Waals surface area contributed by atoms with Crippen LogP contribution in [-0.2, 0) is 4.79 Å². The fourth-order valence-electron chi connectivity index (χ4n) is 0.542. The molecule has 9 heavy (non-hydrogen) atoms. The summed E-state index contributed by atoms with van der Waals surface area (Å²) in [6.45, 7) is -0.250. The molecule has 0 heterocycles. The third-order valence-corrected chi connectivity index (χ3v) is 0.878. The van der Waals surface area contributed by atoms with Gasteiger partial charge < -0.3 is 5.11 Å². The molecule has 0 saturated carbocycles. The fourth-order valence-corrected chi connectivity index (χ4v) is 0.542. The lowest BCUT2D eigenvalue weighted by Gasteiger charge is -1.87. The molecular formula is C7H10O2. The van der Waals surface area contributed by atoms with Crippen LogP contribution in [0.4, 0.5) is 0 Å². The number of hydrogen-bond acceptors (Lipinski definition) is 1. The van der Waals surface area contributed by atoms with Crippen molar-refractivity contribution in [2.45, 2.75) is 12.8 Å². The van der Waals surface area contributed by atoms with E-state index in [9.17, 15) is 0 Å². The molecule has 0 atom stereocenters. The van der Waals surface area contributed by atoms with Gasteiger partial charge in [-0.1, -0.05) is 24.3 Å². The van der Waals surface area contributed by atoms with Crippen LogP contribution in [0.5, 0.6) is 0 Å². The molecule has 0 radical (unpaired) electrons. The van der Waals surface area contributed by atoms with Crippen molar-refractivity contribution >= 4 is 6.47 Å². The van der Waals surface area contributed by atoms with Crippen LogP contribution in [0.2, 0.25) is 0 Å². The van der Waals surface area contributed by atoms with Crippen LogP contribution in [0.3, 0.4) is 0 Å². The van der Waals surface area contributed by atoms with E-state index in [-0.39, 0.29) is 6.47 Å². The maximum Gasteiger partial charge on any atom is 0.290 e. The number of carboxylic acid groups (broad SMARTS) is 1. The van der Waals surface area contributed by atoms with Gasteiger partial charge in [0.25, 0.3) is 6.47 Å². The van der Waals surface area contributed by atoms with E-state index >= 15 is 0 Å². The maximum absolute atomic E-state index is 8.36. The zero-order valence-electron chi connectivity index (χ0n) is 5.16. The zero-order chi connectivity index (χ0) is 6.95. The molecule has 1 N–H and O–H groups in total. The van der Waals surface area contributed by atoms with Crippen LogP contribution in [0.25, 0.3) is 0 Å². The molecule has 0 saturated heterocycles. The molecule has 0 aromatic heterocycles. The lowest BCUT2D eigenvalue weighted by atomic mass is 10.2. The number of hydrogen-bond donors (Lipinski definition) is 1. The summed E-state index contributed by atoms with van der Waals surface area (Å²) in [5.74, 6) is 0. The Morgan fingerprint density at radius 3 is 1.44 bits per heavy atom. The zero-order valence-corrected chi connectivity index (χ0v) is 5.16. The highest BCUT2D eigenvalue weighted by atomic mass is 16.3. The smallest absolute Gasteiger partial charge is 0.290 e. The summed E-state index contributed by atoms with van der Waals surface area (Å²) in [6.07, 6.45) is 11.0. The Morgan fingerprint density at radius 2 is 1.33 bits per heavy atom. The first-order chi connectivity index (χ1) is 4.41. The molecule has 50 valence electrons. The van der Waals surface area contributed by atoms with Crippen molar-refractivity contribution in [1.29, 1.82) is 0 Å². The van der Waals surface area contributed by atoms with Crippen LogP contribution in [-0.4, -0.2) is 11.6 Å². The molecule has 2 nitrogen and oxygen atoms in total. The van der Waals surface area contributed by atoms with Gasteiger partial charge in [0.1, 0.15) is 0 Å². The van der Waals surface area contributed by atoms with Gasteiger partial charge >= 0.3 is 0 Å². The van der Waals surface area contributed by atoms with E-state index in [0.717, 1.165) is 12.8 Å². The minimum absolute atomic E-state index is 0.250. The average molecular weight is 126 g/mol. The molecule has 0 unspecified atom stereocenters. The second kappa shape index (κ2) is 6.95. The first-order valence-corrected chi connectivity index (χ1v) is 2.79. The van der Waals surface area contributed by atoms with Gasteiger partial charge in [-0.2, -0.15) is 0 Å². The van der Waals surface area contributed by atoms with Crippen molar-refractivity contribution in [2.75, 3.05) is 0 Å². The van der Waals surface area contributed by atoms with Gasteiger partial charge in [0.15, 0.2) is 0 Å². The van der Waals surface area contributed by atoms with Gasteiger partial charge in [-0.15, -0.1) is 0 Å². The molecule has 1 rings (SSSR count). The normalized spacial score (nSPS) is 13.8. The Kier molecular flexibility index (Phi) is 6.14. The van der Waals surface area contributed by atoms with E-state index < -0.39 is 0 Å². The molecule has 1 aliphatic carbocycles. The molecule has 0 aromatic rings. The third kappa shape index (κ3) is 6.95. The number of carbonyl (C=O) groups is 1. The predicted octanol–water partition coefficient (Wildman–Crippen LogP) is 1.59. The summed E-state index contributed by atoms with van der Waals surface area (Å²) in [7, 11) is 0. The molecule has 0 amide bonds. The molecule has 2 heteroatoms. The molecule has 0 spiro atoms. The van der Waals surface area contributed by atoms with Crippen molar-refractivity contribution in [3.8, 4) is 0 Å². The van der Waals surface area contributed by atoms with Crippen molar-refractivity contribution in [3.63, 3.8) is 0 Å². The van der Waals surface area contributed by atoms with E-state index in [1.54, 1.807) is 0 Å². The van der Waals surface area contributed by atoms with E-state index in [1.165, 1.54) is 0 Å². The van der Waals surface area contributed by atoms with Crippen LogP contribution >= 0.6 is 0 Å². The van der Waals surface area contributed by atoms with Crippen molar-refractivity contribution in [1.82, 2.24) is 0 Å². The Bertz CT molecular complexity index is 94.1. The second-order valence-electron chi connectivity index (χ2n) is 1.52. The summed E-state index contributed by atoms with van der Waals surface area (Å²) in [5.41, 5.74) is 0. The average Bonchev–Trinajstić information content (AvgIpc) is 1.93. The number of allylic oxidation sites excluding steroid dienone is 4. The van der Waals surface area contributed by atoms with Gasteiger partial charge in [0.2, 0.25) is 0 Å². The lowest BCUT2D eigenvalue weighted by Crippen LogP contribution is -1.66. The minimum atomic E-state index is -0.250. The Labute approximate surface area is 54.5 Å². The van der Waals surface area contributed by atoms with E-state index in [2.05, 4.69) is 24.3 Å². The highest BCUT2D eigenvalue weighted by Crippen LogP contribution is 1.97. The molecule has 0 aromatic carbocycles. The lowest BCUT2D eigenvalue weighted by molar-refractivity contribution is -0.122. The predicted molar refractivity (Wildman–Crippen MR) is 36.2 cm³/mol. The van der Waals surface area contributed by atoms with Gasteiger partial charge in [0, 0.05) is 0 Å².